The Morgan fingerprint density at radius 1 is 1.24 bits per heavy atom. The van der Waals surface area contributed by atoms with Crippen LogP contribution in [-0.2, 0) is 15.1 Å². The zero-order valence-electron chi connectivity index (χ0n) is 13.4. The minimum Gasteiger partial charge on any atom is -0.467 e. The molecule has 0 heterocycles. The van der Waals surface area contributed by atoms with E-state index in [1.165, 1.54) is 20.0 Å². The fraction of sp³-hybridized carbons (Fsp3) is 0.588. The molecule has 1 N–H and O–H groups in total. The Balaban J connectivity index is 3.00. The molecule has 0 radical (unpaired) electrons. The molecular formula is C17H27NO2S. The predicted molar refractivity (Wildman–Crippen MR) is 90.7 cm³/mol. The number of hydrogen-bond acceptors (Lipinski definition) is 4. The van der Waals surface area contributed by atoms with Gasteiger partial charge in [-0.05, 0) is 30.7 Å². The molecule has 0 bridgehead atoms. The molecule has 1 aromatic rings. The molecule has 0 aromatic heterocycles. The second-order valence-electron chi connectivity index (χ2n) is 5.10. The summed E-state index contributed by atoms with van der Waals surface area (Å²) in [7, 11) is 1.46. The van der Waals surface area contributed by atoms with Gasteiger partial charge in [-0.15, -0.1) is 0 Å². The summed E-state index contributed by atoms with van der Waals surface area (Å²) in [5.74, 6) is 1.56. The minimum atomic E-state index is -0.746. The van der Waals surface area contributed by atoms with Crippen molar-refractivity contribution in [2.45, 2.75) is 38.6 Å². The Bertz CT molecular complexity index is 411. The summed E-state index contributed by atoms with van der Waals surface area (Å²) < 4.78 is 5.11. The van der Waals surface area contributed by atoms with Gasteiger partial charge in [0, 0.05) is 5.75 Å². The number of ether oxygens (including phenoxy) is 1. The largest absolute Gasteiger partial charge is 0.467 e. The van der Waals surface area contributed by atoms with Gasteiger partial charge in [0.15, 0.2) is 5.54 Å². The Morgan fingerprint density at radius 3 is 2.52 bits per heavy atom. The molecule has 118 valence electrons. The van der Waals surface area contributed by atoms with Gasteiger partial charge in [-0.25, -0.2) is 4.79 Å². The number of methoxy groups -OCH3 is 1. The maximum atomic E-state index is 12.5. The van der Waals surface area contributed by atoms with Gasteiger partial charge in [0.05, 0.1) is 7.11 Å². The van der Waals surface area contributed by atoms with Gasteiger partial charge in [0.2, 0.25) is 0 Å². The highest BCUT2D eigenvalue weighted by atomic mass is 32.2. The van der Waals surface area contributed by atoms with E-state index in [0.29, 0.717) is 5.75 Å². The zero-order valence-corrected chi connectivity index (χ0v) is 14.2. The normalized spacial score (nSPS) is 13.7. The van der Waals surface area contributed by atoms with Crippen molar-refractivity contribution in [3.8, 4) is 0 Å². The average Bonchev–Trinajstić information content (AvgIpc) is 2.54. The first-order chi connectivity index (χ1) is 10.2. The summed E-state index contributed by atoms with van der Waals surface area (Å²) in [6.07, 6.45) is 3.32. The molecule has 0 amide bonds. The first kappa shape index (κ1) is 18.1. The van der Waals surface area contributed by atoms with Gasteiger partial charge < -0.3 is 4.74 Å². The van der Waals surface area contributed by atoms with Crippen molar-refractivity contribution >= 4 is 17.7 Å². The Labute approximate surface area is 132 Å². The molecule has 0 fully saturated rings. The van der Waals surface area contributed by atoms with Gasteiger partial charge in [-0.1, -0.05) is 50.6 Å². The second kappa shape index (κ2) is 9.85. The van der Waals surface area contributed by atoms with E-state index < -0.39 is 5.54 Å². The summed E-state index contributed by atoms with van der Waals surface area (Å²) in [6, 6.07) is 9.91. The van der Waals surface area contributed by atoms with Crippen LogP contribution < -0.4 is 5.32 Å². The number of hydrogen-bond donors (Lipinski definition) is 1. The van der Waals surface area contributed by atoms with E-state index in [9.17, 15) is 4.79 Å². The SMILES string of the molecule is CCCCSCC(NCCC)(C(=O)OC)c1ccccc1. The van der Waals surface area contributed by atoms with E-state index in [0.717, 1.165) is 24.3 Å². The zero-order chi connectivity index (χ0) is 15.6. The molecule has 0 saturated carbocycles. The molecule has 4 heteroatoms. The second-order valence-corrected chi connectivity index (χ2v) is 6.20. The van der Waals surface area contributed by atoms with Crippen LogP contribution in [0.4, 0.5) is 0 Å². The van der Waals surface area contributed by atoms with Crippen molar-refractivity contribution in [1.82, 2.24) is 5.32 Å². The minimum absolute atomic E-state index is 0.203. The third kappa shape index (κ3) is 5.04. The number of rotatable bonds is 10. The fourth-order valence-corrected chi connectivity index (χ4v) is 3.52. The van der Waals surface area contributed by atoms with E-state index in [1.807, 2.05) is 42.1 Å². The van der Waals surface area contributed by atoms with Gasteiger partial charge in [-0.3, -0.25) is 5.32 Å². The van der Waals surface area contributed by atoms with Crippen LogP contribution in [-0.4, -0.2) is 31.1 Å². The first-order valence-electron chi connectivity index (χ1n) is 7.68. The maximum Gasteiger partial charge on any atom is 0.331 e. The van der Waals surface area contributed by atoms with E-state index in [2.05, 4.69) is 19.2 Å². The van der Waals surface area contributed by atoms with Crippen LogP contribution in [0.15, 0.2) is 30.3 Å². The molecule has 0 spiro atoms. The van der Waals surface area contributed by atoms with Crippen LogP contribution in [0.25, 0.3) is 0 Å². The molecular weight excluding hydrogens is 282 g/mol. The lowest BCUT2D eigenvalue weighted by Gasteiger charge is -2.32. The Kier molecular flexibility index (Phi) is 8.47. The van der Waals surface area contributed by atoms with Crippen molar-refractivity contribution in [3.05, 3.63) is 35.9 Å². The maximum absolute atomic E-state index is 12.5. The molecule has 1 aromatic carbocycles. The van der Waals surface area contributed by atoms with Crippen LogP contribution >= 0.6 is 11.8 Å². The Morgan fingerprint density at radius 2 is 1.95 bits per heavy atom. The molecule has 1 unspecified atom stereocenters. The number of carbonyl (C=O) groups is 1. The van der Waals surface area contributed by atoms with E-state index in [4.69, 9.17) is 4.74 Å². The number of carbonyl (C=O) groups excluding carboxylic acids is 1. The standard InChI is InChI=1S/C17H27NO2S/c1-4-6-13-21-14-17(16(19)20-3,18-12-5-2)15-10-8-7-9-11-15/h7-11,18H,4-6,12-14H2,1-3H3. The van der Waals surface area contributed by atoms with Crippen molar-refractivity contribution in [2.75, 3.05) is 25.2 Å². The molecule has 1 atom stereocenters. The highest BCUT2D eigenvalue weighted by molar-refractivity contribution is 7.99. The van der Waals surface area contributed by atoms with Crippen molar-refractivity contribution in [3.63, 3.8) is 0 Å². The average molecular weight is 309 g/mol. The molecule has 3 nitrogen and oxygen atoms in total. The van der Waals surface area contributed by atoms with Gasteiger partial charge in [0.1, 0.15) is 0 Å². The number of unbranched alkanes of at least 4 members (excludes halogenated alkanes) is 1. The van der Waals surface area contributed by atoms with Gasteiger partial charge >= 0.3 is 5.97 Å². The van der Waals surface area contributed by atoms with Gasteiger partial charge in [-0.2, -0.15) is 11.8 Å². The highest BCUT2D eigenvalue weighted by Crippen LogP contribution is 2.28. The van der Waals surface area contributed by atoms with Crippen molar-refractivity contribution < 1.29 is 9.53 Å². The van der Waals surface area contributed by atoms with E-state index in [-0.39, 0.29) is 5.97 Å². The van der Waals surface area contributed by atoms with Crippen molar-refractivity contribution in [1.29, 1.82) is 0 Å². The third-order valence-corrected chi connectivity index (χ3v) is 4.65. The Hall–Kier alpha value is -1.00. The lowest BCUT2D eigenvalue weighted by molar-refractivity contribution is -0.148. The number of esters is 1. The van der Waals surface area contributed by atoms with Crippen LogP contribution in [0.5, 0.6) is 0 Å². The molecule has 0 aliphatic rings. The van der Waals surface area contributed by atoms with Crippen LogP contribution in [0.2, 0.25) is 0 Å². The number of nitrogens with one attached hydrogen (secondary N) is 1. The van der Waals surface area contributed by atoms with Crippen LogP contribution in [0.3, 0.4) is 0 Å². The quantitative estimate of drug-likeness (QED) is 0.529. The van der Waals surface area contributed by atoms with E-state index >= 15 is 0 Å². The summed E-state index contributed by atoms with van der Waals surface area (Å²) in [5.41, 5.74) is 0.235. The third-order valence-electron chi connectivity index (χ3n) is 3.44. The smallest absolute Gasteiger partial charge is 0.331 e. The summed E-state index contributed by atoms with van der Waals surface area (Å²) >= 11 is 1.81. The first-order valence-corrected chi connectivity index (χ1v) is 8.83. The summed E-state index contributed by atoms with van der Waals surface area (Å²) in [4.78, 5) is 12.5. The fourth-order valence-electron chi connectivity index (χ4n) is 2.19. The van der Waals surface area contributed by atoms with Crippen LogP contribution in [0, 0.1) is 0 Å². The van der Waals surface area contributed by atoms with Crippen molar-refractivity contribution in [2.24, 2.45) is 0 Å². The molecule has 0 aliphatic heterocycles. The van der Waals surface area contributed by atoms with Gasteiger partial charge in [0.25, 0.3) is 0 Å². The lowest BCUT2D eigenvalue weighted by atomic mass is 9.91. The molecule has 0 saturated heterocycles. The number of thioether (sulfide) groups is 1. The summed E-state index contributed by atoms with van der Waals surface area (Å²) in [5, 5.41) is 3.43. The highest BCUT2D eigenvalue weighted by Gasteiger charge is 2.40. The number of benzene rings is 1. The molecule has 0 aliphatic carbocycles. The monoisotopic (exact) mass is 309 g/mol. The summed E-state index contributed by atoms with van der Waals surface area (Å²) in [6.45, 7) is 5.07. The molecule has 21 heavy (non-hydrogen) atoms. The molecule has 1 rings (SSSR count). The topological polar surface area (TPSA) is 38.3 Å². The predicted octanol–water partition coefficient (Wildman–Crippen LogP) is 3.59. The van der Waals surface area contributed by atoms with E-state index in [1.54, 1.807) is 0 Å². The lowest BCUT2D eigenvalue weighted by Crippen LogP contribution is -2.52. The van der Waals surface area contributed by atoms with Crippen LogP contribution in [0.1, 0.15) is 38.7 Å².